The van der Waals surface area contributed by atoms with Crippen molar-refractivity contribution >= 4 is 51.5 Å². The Hall–Kier alpha value is -2.92. The number of carbonyl (C=O) groups excluding carboxylic acids is 3. The summed E-state index contributed by atoms with van der Waals surface area (Å²) in [6.07, 6.45) is -4.80. The first-order valence-corrected chi connectivity index (χ1v) is 12.6. The van der Waals surface area contributed by atoms with Crippen molar-refractivity contribution in [2.24, 2.45) is 0 Å². The minimum absolute atomic E-state index is 0.248. The quantitative estimate of drug-likeness (QED) is 0.517. The van der Waals surface area contributed by atoms with Crippen molar-refractivity contribution in [2.45, 2.75) is 39.4 Å². The zero-order valence-corrected chi connectivity index (χ0v) is 21.7. The highest BCUT2D eigenvalue weighted by Crippen LogP contribution is 2.37. The summed E-state index contributed by atoms with van der Waals surface area (Å²) in [6.45, 7) is 6.34. The van der Waals surface area contributed by atoms with E-state index >= 15 is 0 Å². The largest absolute Gasteiger partial charge is 0.417 e. The van der Waals surface area contributed by atoms with Crippen LogP contribution in [0.1, 0.15) is 31.9 Å². The molecular formula is C24H27ClF3N3O4S. The molecule has 2 aromatic rings. The van der Waals surface area contributed by atoms with Crippen molar-refractivity contribution in [3.8, 4) is 0 Å². The van der Waals surface area contributed by atoms with Gasteiger partial charge < -0.3 is 15.5 Å². The number of aryl methyl sites for hydroxylation is 1. The average Bonchev–Trinajstić information content (AvgIpc) is 2.72. The van der Waals surface area contributed by atoms with Crippen LogP contribution in [0.25, 0.3) is 0 Å². The Morgan fingerprint density at radius 2 is 1.58 bits per heavy atom. The smallest absolute Gasteiger partial charge is 0.350 e. The van der Waals surface area contributed by atoms with Crippen molar-refractivity contribution in [1.82, 2.24) is 5.32 Å². The number of hydrogen-bond acceptors (Lipinski definition) is 4. The minimum Gasteiger partial charge on any atom is -0.350 e. The van der Waals surface area contributed by atoms with E-state index in [0.717, 1.165) is 22.6 Å². The van der Waals surface area contributed by atoms with E-state index in [2.05, 4.69) is 10.6 Å². The minimum atomic E-state index is -4.80. The molecule has 0 fully saturated rings. The predicted octanol–water partition coefficient (Wildman–Crippen LogP) is 4.30. The zero-order chi connectivity index (χ0) is 27.3. The first-order chi connectivity index (χ1) is 16.5. The van der Waals surface area contributed by atoms with E-state index in [1.165, 1.54) is 0 Å². The fourth-order valence-corrected chi connectivity index (χ4v) is 4.19. The fourth-order valence-electron chi connectivity index (χ4n) is 3.07. The zero-order valence-electron chi connectivity index (χ0n) is 20.2. The maximum absolute atomic E-state index is 13.4. The second kappa shape index (κ2) is 11.9. The molecule has 12 heteroatoms. The lowest BCUT2D eigenvalue weighted by Crippen LogP contribution is -2.48. The van der Waals surface area contributed by atoms with Crippen LogP contribution in [0.4, 0.5) is 24.5 Å². The number of nitrogens with zero attached hydrogens (tertiary/aromatic N) is 1. The van der Waals surface area contributed by atoms with Crippen molar-refractivity contribution < 1.29 is 31.8 Å². The summed E-state index contributed by atoms with van der Waals surface area (Å²) in [4.78, 5) is 38.5. The highest BCUT2D eigenvalue weighted by atomic mass is 35.5. The van der Waals surface area contributed by atoms with Gasteiger partial charge in [-0.2, -0.15) is 13.2 Å². The van der Waals surface area contributed by atoms with E-state index in [1.54, 1.807) is 45.0 Å². The second-order valence-electron chi connectivity index (χ2n) is 9.08. The van der Waals surface area contributed by atoms with E-state index in [0.29, 0.717) is 11.8 Å². The molecule has 0 aliphatic carbocycles. The van der Waals surface area contributed by atoms with Gasteiger partial charge in [-0.05, 0) is 58.0 Å². The van der Waals surface area contributed by atoms with Gasteiger partial charge in [-0.3, -0.25) is 18.6 Å². The summed E-state index contributed by atoms with van der Waals surface area (Å²) in [7, 11) is -2.00. The van der Waals surface area contributed by atoms with Crippen molar-refractivity contribution in [3.05, 3.63) is 58.6 Å². The van der Waals surface area contributed by atoms with Crippen LogP contribution in [-0.4, -0.2) is 45.5 Å². The molecule has 0 radical (unpaired) electrons. The molecule has 0 aromatic heterocycles. The molecule has 0 heterocycles. The van der Waals surface area contributed by atoms with Crippen LogP contribution < -0.4 is 15.5 Å². The van der Waals surface area contributed by atoms with Crippen molar-refractivity contribution in [1.29, 1.82) is 0 Å². The molecular weight excluding hydrogens is 519 g/mol. The van der Waals surface area contributed by atoms with Crippen LogP contribution in [0.2, 0.25) is 5.02 Å². The Morgan fingerprint density at radius 3 is 2.14 bits per heavy atom. The van der Waals surface area contributed by atoms with Gasteiger partial charge in [0, 0.05) is 27.7 Å². The summed E-state index contributed by atoms with van der Waals surface area (Å²) >= 11 is 5.68. The normalized spacial score (nSPS) is 12.6. The summed E-state index contributed by atoms with van der Waals surface area (Å²) in [5.41, 5.74) is -0.639. The predicted molar refractivity (Wildman–Crippen MR) is 134 cm³/mol. The highest BCUT2D eigenvalue weighted by molar-refractivity contribution is 7.86. The van der Waals surface area contributed by atoms with Gasteiger partial charge in [-0.1, -0.05) is 29.3 Å². The van der Waals surface area contributed by atoms with Gasteiger partial charge in [0.15, 0.2) is 0 Å². The standard InChI is InChI=1S/C24H27ClF3N3O4S/c1-15-5-7-16(8-6-15)29-21(33)13-36(35)14-22(34)31(12-20(32)30-23(2,3)4)17-9-10-19(25)18(11-17)24(26,27)28/h5-11H,12-14H2,1-4H3,(H,29,33)(H,30,32)/t36-/m1/s1. The molecule has 0 aliphatic heterocycles. The highest BCUT2D eigenvalue weighted by Gasteiger charge is 2.34. The number of rotatable bonds is 8. The molecule has 2 N–H and O–H groups in total. The maximum atomic E-state index is 13.4. The summed E-state index contributed by atoms with van der Waals surface area (Å²) in [5.74, 6) is -3.34. The molecule has 0 saturated carbocycles. The summed E-state index contributed by atoms with van der Waals surface area (Å²) < 4.78 is 52.7. The molecule has 7 nitrogen and oxygen atoms in total. The first kappa shape index (κ1) is 29.3. The summed E-state index contributed by atoms with van der Waals surface area (Å²) in [5, 5.41) is 4.61. The number of hydrogen-bond donors (Lipinski definition) is 2. The first-order valence-electron chi connectivity index (χ1n) is 10.7. The number of anilines is 2. The molecule has 196 valence electrons. The topological polar surface area (TPSA) is 95.6 Å². The van der Waals surface area contributed by atoms with Crippen LogP contribution in [-0.2, 0) is 31.4 Å². The Morgan fingerprint density at radius 1 is 0.972 bits per heavy atom. The SMILES string of the molecule is Cc1ccc(NC(=O)C[S@@](=O)CC(=O)N(CC(=O)NC(C)(C)C)c2ccc(Cl)c(C(F)(F)F)c2)cc1. The van der Waals surface area contributed by atoms with Gasteiger partial charge in [-0.15, -0.1) is 0 Å². The van der Waals surface area contributed by atoms with Crippen LogP contribution in [0.5, 0.6) is 0 Å². The number of benzene rings is 2. The van der Waals surface area contributed by atoms with Gasteiger partial charge in [-0.25, -0.2) is 0 Å². The van der Waals surface area contributed by atoms with Gasteiger partial charge in [0.2, 0.25) is 17.7 Å². The maximum Gasteiger partial charge on any atom is 0.417 e. The second-order valence-corrected chi connectivity index (χ2v) is 10.9. The molecule has 2 rings (SSSR count). The lowest BCUT2D eigenvalue weighted by molar-refractivity contribution is -0.137. The van der Waals surface area contributed by atoms with E-state index in [4.69, 9.17) is 11.6 Å². The Bertz CT molecular complexity index is 1150. The molecule has 0 spiro atoms. The molecule has 0 aliphatic rings. The molecule has 1 atom stereocenters. The number of nitrogens with one attached hydrogen (secondary N) is 2. The fraction of sp³-hybridized carbons (Fsp3) is 0.375. The van der Waals surface area contributed by atoms with Crippen molar-refractivity contribution in [2.75, 3.05) is 28.3 Å². The van der Waals surface area contributed by atoms with E-state index in [1.807, 2.05) is 6.92 Å². The third kappa shape index (κ3) is 9.27. The Kier molecular flexibility index (Phi) is 9.67. The number of carbonyl (C=O) groups is 3. The Labute approximate surface area is 214 Å². The molecule has 0 unspecified atom stereocenters. The monoisotopic (exact) mass is 545 g/mol. The molecule has 36 heavy (non-hydrogen) atoms. The molecule has 3 amide bonds. The molecule has 0 bridgehead atoms. The van der Waals surface area contributed by atoms with E-state index in [9.17, 15) is 31.8 Å². The third-order valence-corrected chi connectivity index (χ3v) is 6.08. The summed E-state index contributed by atoms with van der Waals surface area (Å²) in [6, 6.07) is 9.65. The van der Waals surface area contributed by atoms with Crippen molar-refractivity contribution in [3.63, 3.8) is 0 Å². The van der Waals surface area contributed by atoms with Gasteiger partial charge in [0.25, 0.3) is 0 Å². The van der Waals surface area contributed by atoms with E-state index in [-0.39, 0.29) is 5.69 Å². The van der Waals surface area contributed by atoms with Crippen LogP contribution in [0.15, 0.2) is 42.5 Å². The van der Waals surface area contributed by atoms with Crippen LogP contribution in [0.3, 0.4) is 0 Å². The van der Waals surface area contributed by atoms with Gasteiger partial charge in [0.05, 0.1) is 10.6 Å². The van der Waals surface area contributed by atoms with Crippen LogP contribution in [0, 0.1) is 6.92 Å². The lowest BCUT2D eigenvalue weighted by atomic mass is 10.1. The molecule has 0 saturated heterocycles. The third-order valence-electron chi connectivity index (χ3n) is 4.60. The van der Waals surface area contributed by atoms with E-state index < -0.39 is 68.9 Å². The van der Waals surface area contributed by atoms with Crippen LogP contribution >= 0.6 is 11.6 Å². The lowest BCUT2D eigenvalue weighted by Gasteiger charge is -2.26. The van der Waals surface area contributed by atoms with Gasteiger partial charge in [0.1, 0.15) is 18.1 Å². The number of halogens is 4. The average molecular weight is 546 g/mol. The number of alkyl halides is 3. The Balaban J connectivity index is 2.21. The number of amides is 3. The molecule has 2 aromatic carbocycles. The van der Waals surface area contributed by atoms with Gasteiger partial charge >= 0.3 is 6.18 Å².